The Hall–Kier alpha value is -6.71. The Morgan fingerprint density at radius 1 is 0.302 bits per heavy atom. The molecule has 244 valence electrons. The average molecular weight is 671 g/mol. The third-order valence-corrected chi connectivity index (χ3v) is 11.8. The van der Waals surface area contributed by atoms with E-state index in [0.717, 1.165) is 5.69 Å². The molecule has 0 aromatic heterocycles. The van der Waals surface area contributed by atoms with Gasteiger partial charge < -0.3 is 14.7 Å². The van der Waals surface area contributed by atoms with E-state index in [4.69, 9.17) is 0 Å². The van der Waals surface area contributed by atoms with Gasteiger partial charge in [0.05, 0.1) is 5.69 Å². The molecule has 0 fully saturated rings. The standard InChI is InChI=1S/C48H31B2N3/c1-3-17-32(18-4-1)34-21-7-12-26-39(34)52-41-28-14-9-23-36(41)50-38-25-11-16-30-43(38)53-42-29-15-10-24-37(42)49-35-22-8-13-27-40(35)51(33-19-5-2-6-20-33)44-31-45(52)47(50)48(53)46(44)49/h1-31H. The van der Waals surface area contributed by atoms with Crippen molar-refractivity contribution >= 4 is 97.4 Å². The summed E-state index contributed by atoms with van der Waals surface area (Å²) in [4.78, 5) is 7.68. The molecule has 4 heterocycles. The molecule has 5 heteroatoms. The molecule has 4 aliphatic heterocycles. The summed E-state index contributed by atoms with van der Waals surface area (Å²) in [5.74, 6) is 0. The summed E-state index contributed by atoms with van der Waals surface area (Å²) in [6, 6.07) is 69.6. The molecule has 0 saturated heterocycles. The summed E-state index contributed by atoms with van der Waals surface area (Å²) < 4.78 is 0. The van der Waals surface area contributed by atoms with Gasteiger partial charge in [-0.25, -0.2) is 0 Å². The zero-order chi connectivity index (χ0) is 34.6. The van der Waals surface area contributed by atoms with Gasteiger partial charge in [0.15, 0.2) is 0 Å². The lowest BCUT2D eigenvalue weighted by Crippen LogP contribution is -2.68. The van der Waals surface area contributed by atoms with Crippen molar-refractivity contribution in [3.63, 3.8) is 0 Å². The predicted molar refractivity (Wildman–Crippen MR) is 225 cm³/mol. The number of fused-ring (bicyclic) bond motifs is 10. The maximum atomic E-state index is 2.60. The highest BCUT2D eigenvalue weighted by molar-refractivity contribution is 7.04. The van der Waals surface area contributed by atoms with Crippen LogP contribution in [0, 0.1) is 0 Å². The second-order valence-electron chi connectivity index (χ2n) is 14.4. The number of hydrogen-bond acceptors (Lipinski definition) is 3. The quantitative estimate of drug-likeness (QED) is 0.176. The number of nitrogens with zero attached hydrogens (tertiary/aromatic N) is 3. The van der Waals surface area contributed by atoms with Crippen molar-refractivity contribution in [2.24, 2.45) is 0 Å². The second kappa shape index (κ2) is 10.9. The SMILES string of the molecule is c1ccc(-c2ccccc2N2c3ccccc3B3c4ccccc4N4c5ccccc5B5c6ccccc6N(c6ccccc6)c6cc2c3c4c65)cc1. The van der Waals surface area contributed by atoms with Crippen LogP contribution >= 0.6 is 0 Å². The lowest BCUT2D eigenvalue weighted by Gasteiger charge is -2.51. The smallest absolute Gasteiger partial charge is 0.252 e. The Morgan fingerprint density at radius 3 is 1.25 bits per heavy atom. The van der Waals surface area contributed by atoms with Crippen molar-refractivity contribution in [2.75, 3.05) is 14.7 Å². The molecule has 0 atom stereocenters. The Balaban J connectivity index is 1.27. The summed E-state index contributed by atoms with van der Waals surface area (Å²) >= 11 is 0. The largest absolute Gasteiger partial charge is 0.312 e. The Bertz CT molecular complexity index is 2760. The minimum Gasteiger partial charge on any atom is -0.312 e. The molecule has 0 unspecified atom stereocenters. The predicted octanol–water partition coefficient (Wildman–Crippen LogP) is 8.05. The van der Waals surface area contributed by atoms with Gasteiger partial charge >= 0.3 is 0 Å². The fraction of sp³-hybridized carbons (Fsp3) is 0. The number of benzene rings is 8. The topological polar surface area (TPSA) is 9.72 Å². The fourth-order valence-electron chi connectivity index (χ4n) is 9.83. The van der Waals surface area contributed by atoms with E-state index in [1.165, 1.54) is 89.4 Å². The van der Waals surface area contributed by atoms with Crippen LogP contribution in [0.3, 0.4) is 0 Å². The highest BCUT2D eigenvalue weighted by Crippen LogP contribution is 2.50. The van der Waals surface area contributed by atoms with Crippen LogP contribution in [-0.4, -0.2) is 13.4 Å². The third kappa shape index (κ3) is 3.86. The zero-order valence-corrected chi connectivity index (χ0v) is 28.9. The van der Waals surface area contributed by atoms with Crippen molar-refractivity contribution in [2.45, 2.75) is 0 Å². The van der Waals surface area contributed by atoms with Gasteiger partial charge in [0, 0.05) is 51.1 Å². The maximum Gasteiger partial charge on any atom is 0.252 e. The molecule has 53 heavy (non-hydrogen) atoms. The van der Waals surface area contributed by atoms with Crippen LogP contribution in [-0.2, 0) is 0 Å². The van der Waals surface area contributed by atoms with Gasteiger partial charge in [-0.3, -0.25) is 0 Å². The maximum absolute atomic E-state index is 2.60. The molecule has 0 N–H and O–H groups in total. The van der Waals surface area contributed by atoms with Crippen LogP contribution < -0.4 is 47.5 Å². The van der Waals surface area contributed by atoms with E-state index in [2.05, 4.69) is 203 Å². The first-order chi connectivity index (χ1) is 26.4. The molecule has 8 aromatic rings. The molecule has 3 nitrogen and oxygen atoms in total. The normalized spacial score (nSPS) is 13.8. The van der Waals surface area contributed by atoms with Crippen LogP contribution in [0.5, 0.6) is 0 Å². The van der Waals surface area contributed by atoms with Gasteiger partial charge in [0.1, 0.15) is 0 Å². The van der Waals surface area contributed by atoms with E-state index in [9.17, 15) is 0 Å². The first kappa shape index (κ1) is 28.9. The van der Waals surface area contributed by atoms with Crippen LogP contribution in [0.4, 0.5) is 51.2 Å². The number of para-hydroxylation sites is 6. The molecule has 0 radical (unpaired) electrons. The molecule has 0 aliphatic carbocycles. The minimum atomic E-state index is 0.0716. The van der Waals surface area contributed by atoms with E-state index in [0.29, 0.717) is 0 Å². The summed E-state index contributed by atoms with van der Waals surface area (Å²) in [6.45, 7) is 0.157. The monoisotopic (exact) mass is 671 g/mol. The number of anilines is 9. The summed E-state index contributed by atoms with van der Waals surface area (Å²) in [7, 11) is 0. The van der Waals surface area contributed by atoms with E-state index < -0.39 is 0 Å². The van der Waals surface area contributed by atoms with Gasteiger partial charge in [0.25, 0.3) is 13.4 Å². The zero-order valence-electron chi connectivity index (χ0n) is 28.9. The van der Waals surface area contributed by atoms with Crippen molar-refractivity contribution in [3.8, 4) is 11.1 Å². The third-order valence-electron chi connectivity index (χ3n) is 11.8. The van der Waals surface area contributed by atoms with E-state index in [-0.39, 0.29) is 13.4 Å². The van der Waals surface area contributed by atoms with E-state index in [1.54, 1.807) is 0 Å². The summed E-state index contributed by atoms with van der Waals surface area (Å²) in [5.41, 5.74) is 21.6. The van der Waals surface area contributed by atoms with Gasteiger partial charge in [-0.1, -0.05) is 140 Å². The first-order valence-electron chi connectivity index (χ1n) is 18.5. The molecule has 0 saturated carbocycles. The van der Waals surface area contributed by atoms with Gasteiger partial charge in [-0.05, 0) is 86.9 Å². The Morgan fingerprint density at radius 2 is 0.698 bits per heavy atom. The average Bonchev–Trinajstić information content (AvgIpc) is 3.23. The molecule has 8 aromatic carbocycles. The second-order valence-corrected chi connectivity index (χ2v) is 14.4. The van der Waals surface area contributed by atoms with E-state index >= 15 is 0 Å². The van der Waals surface area contributed by atoms with Crippen LogP contribution in [0.25, 0.3) is 11.1 Å². The van der Waals surface area contributed by atoms with Crippen molar-refractivity contribution < 1.29 is 0 Å². The molecule has 0 amide bonds. The Kier molecular flexibility index (Phi) is 5.95. The highest BCUT2D eigenvalue weighted by atomic mass is 15.2. The first-order valence-corrected chi connectivity index (χ1v) is 18.5. The van der Waals surface area contributed by atoms with Crippen molar-refractivity contribution in [3.05, 3.63) is 188 Å². The molecule has 4 aliphatic rings. The highest BCUT2D eigenvalue weighted by Gasteiger charge is 2.51. The van der Waals surface area contributed by atoms with E-state index in [1.807, 2.05) is 0 Å². The number of rotatable bonds is 3. The van der Waals surface area contributed by atoms with Gasteiger partial charge in [-0.15, -0.1) is 0 Å². The molecular formula is C48H31B2N3. The Labute approximate surface area is 310 Å². The van der Waals surface area contributed by atoms with Gasteiger partial charge in [-0.2, -0.15) is 0 Å². The minimum absolute atomic E-state index is 0.0716. The van der Waals surface area contributed by atoms with Crippen LogP contribution in [0.15, 0.2) is 188 Å². The summed E-state index contributed by atoms with van der Waals surface area (Å²) in [5, 5.41) is 0. The van der Waals surface area contributed by atoms with Crippen LogP contribution in [0.2, 0.25) is 0 Å². The lowest BCUT2D eigenvalue weighted by atomic mass is 9.29. The molecule has 12 rings (SSSR count). The van der Waals surface area contributed by atoms with Crippen molar-refractivity contribution in [1.29, 1.82) is 0 Å². The lowest BCUT2D eigenvalue weighted by molar-refractivity contribution is 1.23. The van der Waals surface area contributed by atoms with Crippen LogP contribution in [0.1, 0.15) is 0 Å². The molecule has 0 spiro atoms. The fourth-order valence-corrected chi connectivity index (χ4v) is 9.83. The number of hydrogen-bond donors (Lipinski definition) is 0. The summed E-state index contributed by atoms with van der Waals surface area (Å²) in [6.07, 6.45) is 0. The molecular weight excluding hydrogens is 640 g/mol. The van der Waals surface area contributed by atoms with Crippen molar-refractivity contribution in [1.82, 2.24) is 0 Å². The van der Waals surface area contributed by atoms with Gasteiger partial charge in [0.2, 0.25) is 0 Å². The molecule has 0 bridgehead atoms.